The second-order valence-electron chi connectivity index (χ2n) is 7.18. The molecule has 0 saturated heterocycles. The van der Waals surface area contributed by atoms with Crippen molar-refractivity contribution >= 4 is 33.4 Å². The van der Waals surface area contributed by atoms with E-state index in [2.05, 4.69) is 21.2 Å². The normalized spacial score (nSPS) is 10.5. The van der Waals surface area contributed by atoms with Gasteiger partial charge in [0.05, 0.1) is 12.1 Å². The van der Waals surface area contributed by atoms with Gasteiger partial charge in [-0.2, -0.15) is 0 Å². The number of rotatable bonds is 6. The van der Waals surface area contributed by atoms with E-state index in [-0.39, 0.29) is 23.8 Å². The number of hydrogen-bond donors (Lipinski definition) is 2. The van der Waals surface area contributed by atoms with Crippen LogP contribution in [0.4, 0.5) is 5.69 Å². The molecule has 6 heteroatoms. The molecule has 0 aliphatic carbocycles. The van der Waals surface area contributed by atoms with Crippen LogP contribution in [0, 0.1) is 6.92 Å². The lowest BCUT2D eigenvalue weighted by Crippen LogP contribution is -2.35. The average molecular weight is 467 g/mol. The molecule has 0 aliphatic rings. The Hall–Kier alpha value is -3.12. The lowest BCUT2D eigenvalue weighted by Gasteiger charge is -2.18. The fourth-order valence-electron chi connectivity index (χ4n) is 3.15. The minimum atomic E-state index is -0.412. The highest BCUT2D eigenvalue weighted by Gasteiger charge is 2.19. The van der Waals surface area contributed by atoms with Gasteiger partial charge in [-0.05, 0) is 60.4 Å². The van der Waals surface area contributed by atoms with E-state index in [1.807, 2.05) is 49.4 Å². The number of nitrogens with one attached hydrogen (secondary N) is 1. The lowest BCUT2D eigenvalue weighted by atomic mass is 10.0. The van der Waals surface area contributed by atoms with Crippen LogP contribution in [0.3, 0.4) is 0 Å². The maximum atomic E-state index is 12.8. The number of benzene rings is 3. The Morgan fingerprint density at radius 1 is 1.00 bits per heavy atom. The highest BCUT2D eigenvalue weighted by Crippen LogP contribution is 2.23. The van der Waals surface area contributed by atoms with E-state index in [4.69, 9.17) is 0 Å². The van der Waals surface area contributed by atoms with Gasteiger partial charge in [-0.15, -0.1) is 0 Å². The molecule has 30 heavy (non-hydrogen) atoms. The zero-order chi connectivity index (χ0) is 21.7. The van der Waals surface area contributed by atoms with E-state index in [1.165, 1.54) is 11.0 Å². The molecule has 2 amide bonds. The molecule has 0 atom stereocenters. The van der Waals surface area contributed by atoms with Crippen molar-refractivity contribution in [2.75, 3.05) is 18.9 Å². The van der Waals surface area contributed by atoms with Gasteiger partial charge in [-0.3, -0.25) is 9.59 Å². The molecule has 0 aliphatic heterocycles. The summed E-state index contributed by atoms with van der Waals surface area (Å²) in [5.41, 5.74) is 3.80. The SMILES string of the molecule is Cc1cc(Br)ccc1NC(=O)CN(C)C(=O)c1cc(Cc2ccccc2)ccc1O. The molecule has 2 N–H and O–H groups in total. The Morgan fingerprint density at radius 2 is 1.73 bits per heavy atom. The first kappa shape index (κ1) is 21.6. The summed E-state index contributed by atoms with van der Waals surface area (Å²) in [6, 6.07) is 20.4. The van der Waals surface area contributed by atoms with Crippen LogP contribution in [0.2, 0.25) is 0 Å². The van der Waals surface area contributed by atoms with Crippen molar-refractivity contribution in [2.24, 2.45) is 0 Å². The van der Waals surface area contributed by atoms with Crippen molar-refractivity contribution < 1.29 is 14.7 Å². The van der Waals surface area contributed by atoms with E-state index >= 15 is 0 Å². The number of amides is 2. The molecule has 3 aromatic rings. The Kier molecular flexibility index (Phi) is 6.90. The van der Waals surface area contributed by atoms with E-state index in [0.29, 0.717) is 12.1 Å². The van der Waals surface area contributed by atoms with Crippen molar-refractivity contribution in [3.05, 3.63) is 93.5 Å². The summed E-state index contributed by atoms with van der Waals surface area (Å²) in [7, 11) is 1.54. The number of halogens is 1. The standard InChI is InChI=1S/C24H23BrN2O3/c1-16-12-19(25)9-10-21(16)26-23(29)15-27(2)24(30)20-14-18(8-11-22(20)28)13-17-6-4-3-5-7-17/h3-12,14,28H,13,15H2,1-2H3,(H,26,29). The fourth-order valence-corrected chi connectivity index (χ4v) is 3.62. The average Bonchev–Trinajstić information content (AvgIpc) is 2.71. The van der Waals surface area contributed by atoms with Crippen molar-refractivity contribution in [1.29, 1.82) is 0 Å². The minimum absolute atomic E-state index is 0.104. The smallest absolute Gasteiger partial charge is 0.257 e. The Morgan fingerprint density at radius 3 is 2.43 bits per heavy atom. The zero-order valence-electron chi connectivity index (χ0n) is 16.9. The monoisotopic (exact) mass is 466 g/mol. The second-order valence-corrected chi connectivity index (χ2v) is 8.10. The number of hydrogen-bond acceptors (Lipinski definition) is 3. The second kappa shape index (κ2) is 9.59. The first-order valence-corrected chi connectivity index (χ1v) is 10.3. The predicted molar refractivity (Wildman–Crippen MR) is 122 cm³/mol. The van der Waals surface area contributed by atoms with Crippen LogP contribution >= 0.6 is 15.9 Å². The molecule has 0 fully saturated rings. The first-order valence-electron chi connectivity index (χ1n) is 9.51. The lowest BCUT2D eigenvalue weighted by molar-refractivity contribution is -0.116. The number of carbonyl (C=O) groups is 2. The number of likely N-dealkylation sites (N-methyl/N-ethyl adjacent to an activating group) is 1. The fraction of sp³-hybridized carbons (Fsp3) is 0.167. The molecule has 0 unspecified atom stereocenters. The first-order chi connectivity index (χ1) is 14.3. The topological polar surface area (TPSA) is 69.6 Å². The van der Waals surface area contributed by atoms with Gasteiger partial charge in [0.25, 0.3) is 5.91 Å². The van der Waals surface area contributed by atoms with Crippen LogP contribution in [0.15, 0.2) is 71.2 Å². The van der Waals surface area contributed by atoms with Crippen LogP contribution in [0.5, 0.6) is 5.75 Å². The quantitative estimate of drug-likeness (QED) is 0.549. The molecule has 0 radical (unpaired) electrons. The molecule has 3 aromatic carbocycles. The molecule has 0 aromatic heterocycles. The van der Waals surface area contributed by atoms with Gasteiger partial charge in [0, 0.05) is 17.2 Å². The number of phenolic OH excluding ortho intramolecular Hbond substituents is 1. The number of carbonyl (C=O) groups excluding carboxylic acids is 2. The van der Waals surface area contributed by atoms with Crippen LogP contribution < -0.4 is 5.32 Å². The van der Waals surface area contributed by atoms with Gasteiger partial charge in [0.2, 0.25) is 5.91 Å². The van der Waals surface area contributed by atoms with Crippen molar-refractivity contribution in [2.45, 2.75) is 13.3 Å². The number of nitrogens with zero attached hydrogens (tertiary/aromatic N) is 1. The van der Waals surface area contributed by atoms with E-state index < -0.39 is 5.91 Å². The highest BCUT2D eigenvalue weighted by molar-refractivity contribution is 9.10. The largest absolute Gasteiger partial charge is 0.507 e. The Bertz CT molecular complexity index is 1070. The number of phenols is 1. The van der Waals surface area contributed by atoms with Crippen LogP contribution in [0.25, 0.3) is 0 Å². The summed E-state index contributed by atoms with van der Waals surface area (Å²) in [6.07, 6.45) is 0.647. The Balaban J connectivity index is 1.69. The summed E-state index contributed by atoms with van der Waals surface area (Å²) in [5, 5.41) is 13.0. The summed E-state index contributed by atoms with van der Waals surface area (Å²) in [5.74, 6) is -0.825. The van der Waals surface area contributed by atoms with Crippen molar-refractivity contribution in [3.8, 4) is 5.75 Å². The molecular weight excluding hydrogens is 444 g/mol. The molecule has 0 spiro atoms. The number of anilines is 1. The molecule has 3 rings (SSSR count). The minimum Gasteiger partial charge on any atom is -0.507 e. The molecule has 0 saturated carbocycles. The molecule has 0 bridgehead atoms. The summed E-state index contributed by atoms with van der Waals surface area (Å²) >= 11 is 3.39. The van der Waals surface area contributed by atoms with Crippen molar-refractivity contribution in [1.82, 2.24) is 4.90 Å². The summed E-state index contributed by atoms with van der Waals surface area (Å²) in [6.45, 7) is 1.77. The maximum absolute atomic E-state index is 12.8. The number of aryl methyl sites for hydroxylation is 1. The number of aromatic hydroxyl groups is 1. The van der Waals surface area contributed by atoms with Crippen LogP contribution in [0.1, 0.15) is 27.0 Å². The third-order valence-electron chi connectivity index (χ3n) is 4.73. The van der Waals surface area contributed by atoms with E-state index in [9.17, 15) is 14.7 Å². The van der Waals surface area contributed by atoms with Crippen LogP contribution in [-0.2, 0) is 11.2 Å². The highest BCUT2D eigenvalue weighted by atomic mass is 79.9. The van der Waals surface area contributed by atoms with Gasteiger partial charge in [0.15, 0.2) is 0 Å². The summed E-state index contributed by atoms with van der Waals surface area (Å²) < 4.78 is 0.927. The molecular formula is C24H23BrN2O3. The summed E-state index contributed by atoms with van der Waals surface area (Å²) in [4.78, 5) is 26.6. The molecule has 154 valence electrons. The van der Waals surface area contributed by atoms with Gasteiger partial charge < -0.3 is 15.3 Å². The molecule has 0 heterocycles. The third-order valence-corrected chi connectivity index (χ3v) is 5.23. The van der Waals surface area contributed by atoms with Gasteiger partial charge in [-0.25, -0.2) is 0 Å². The maximum Gasteiger partial charge on any atom is 0.257 e. The Labute approximate surface area is 184 Å². The molecule has 5 nitrogen and oxygen atoms in total. The van der Waals surface area contributed by atoms with Gasteiger partial charge in [0.1, 0.15) is 5.75 Å². The predicted octanol–water partition coefficient (Wildman–Crippen LogP) is 4.76. The van der Waals surface area contributed by atoms with Gasteiger partial charge >= 0.3 is 0 Å². The van der Waals surface area contributed by atoms with Gasteiger partial charge in [-0.1, -0.05) is 52.3 Å². The van der Waals surface area contributed by atoms with E-state index in [1.54, 1.807) is 25.2 Å². The van der Waals surface area contributed by atoms with Crippen LogP contribution in [-0.4, -0.2) is 35.4 Å². The van der Waals surface area contributed by atoms with Crippen molar-refractivity contribution in [3.63, 3.8) is 0 Å². The zero-order valence-corrected chi connectivity index (χ0v) is 18.4. The third kappa shape index (κ3) is 5.48. The van der Waals surface area contributed by atoms with E-state index in [0.717, 1.165) is 21.2 Å².